The molecule has 1 saturated heterocycles. The zero-order chi connectivity index (χ0) is 34.0. The van der Waals surface area contributed by atoms with Crippen molar-refractivity contribution in [3.05, 3.63) is 76.4 Å². The van der Waals surface area contributed by atoms with E-state index in [4.69, 9.17) is 15.6 Å². The number of hydrogen-bond donors (Lipinski definition) is 3. The number of nitrogens with one attached hydrogen (secondary N) is 2. The molecule has 0 spiro atoms. The Bertz CT molecular complexity index is 1640. The van der Waals surface area contributed by atoms with Crippen LogP contribution in [-0.2, 0) is 17.8 Å². The summed E-state index contributed by atoms with van der Waals surface area (Å²) < 4.78 is 22.1. The summed E-state index contributed by atoms with van der Waals surface area (Å²) in [7, 11) is 5.01. The van der Waals surface area contributed by atoms with Crippen molar-refractivity contribution in [2.45, 2.75) is 57.8 Å². The number of anilines is 2. The van der Waals surface area contributed by atoms with Gasteiger partial charge in [0, 0.05) is 88.4 Å². The molecule has 0 unspecified atom stereocenters. The smallest absolute Gasteiger partial charge is 0.321 e. The number of hydrogen-bond acceptors (Lipinski definition) is 7. The number of aromatic nitrogens is 2. The molecule has 3 aromatic rings. The summed E-state index contributed by atoms with van der Waals surface area (Å²) in [5, 5.41) is 10.3. The summed E-state index contributed by atoms with van der Waals surface area (Å²) in [6.45, 7) is 8.57. The van der Waals surface area contributed by atoms with Gasteiger partial charge in [0.1, 0.15) is 5.82 Å². The summed E-state index contributed by atoms with van der Waals surface area (Å²) in [5.74, 6) is -0.929. The molecule has 0 radical (unpaired) electrons. The lowest BCUT2D eigenvalue weighted by molar-refractivity contribution is 0.0827. The van der Waals surface area contributed by atoms with E-state index in [1.54, 1.807) is 37.1 Å². The number of fused-ring (bicyclic) bond motifs is 1. The van der Waals surface area contributed by atoms with Gasteiger partial charge in [0.2, 0.25) is 0 Å². The van der Waals surface area contributed by atoms with Crippen LogP contribution in [0.2, 0.25) is 0 Å². The van der Waals surface area contributed by atoms with Crippen molar-refractivity contribution in [3.63, 3.8) is 0 Å². The largest absolute Gasteiger partial charge is 0.383 e. The number of amides is 4. The minimum atomic E-state index is -0.619. The highest BCUT2D eigenvalue weighted by Gasteiger charge is 2.37. The molecule has 2 atom stereocenters. The fraction of sp³-hybridized carbons (Fsp3) is 0.471. The van der Waals surface area contributed by atoms with Gasteiger partial charge in [0.05, 0.1) is 17.8 Å². The van der Waals surface area contributed by atoms with Crippen LogP contribution in [0.4, 0.5) is 20.6 Å². The number of benzene rings is 2. The summed E-state index contributed by atoms with van der Waals surface area (Å²) in [4.78, 5) is 44.0. The fourth-order valence-corrected chi connectivity index (χ4v) is 6.38. The minimum Gasteiger partial charge on any atom is -0.383 e. The number of rotatable bonds is 9. The molecule has 3 heterocycles. The lowest BCUT2D eigenvalue weighted by atomic mass is 9.95. The Morgan fingerprint density at radius 1 is 1.17 bits per heavy atom. The van der Waals surface area contributed by atoms with Gasteiger partial charge in [0.25, 0.3) is 11.8 Å². The first kappa shape index (κ1) is 33.9. The van der Waals surface area contributed by atoms with Crippen LogP contribution in [0.25, 0.3) is 0 Å². The third-order valence-electron chi connectivity index (χ3n) is 8.78. The van der Waals surface area contributed by atoms with E-state index in [2.05, 4.69) is 22.5 Å². The second-order valence-electron chi connectivity index (χ2n) is 13.2. The van der Waals surface area contributed by atoms with E-state index in [0.29, 0.717) is 49.5 Å². The predicted molar refractivity (Wildman–Crippen MR) is 178 cm³/mol. The molecule has 0 aliphatic carbocycles. The third kappa shape index (κ3) is 7.25. The van der Waals surface area contributed by atoms with Crippen molar-refractivity contribution in [2.24, 2.45) is 5.73 Å². The van der Waals surface area contributed by atoms with Crippen LogP contribution in [0.15, 0.2) is 42.5 Å². The minimum absolute atomic E-state index is 0.0456. The SMILES string of the molecule is COC[C@]1(N)CCN(C(=O)Nc2ccc(CNC(=O)c3nn(C(C)C)c4c3CN(c3ccc(C(=O)N(C)C)cc3)C[C@@H]4C)cc2F)C1. The van der Waals surface area contributed by atoms with Gasteiger partial charge in [-0.05, 0) is 62.2 Å². The number of urea groups is 1. The summed E-state index contributed by atoms with van der Waals surface area (Å²) in [5.41, 5.74) is 10.0. The van der Waals surface area contributed by atoms with Gasteiger partial charge in [-0.3, -0.25) is 14.3 Å². The van der Waals surface area contributed by atoms with Crippen LogP contribution in [0, 0.1) is 5.82 Å². The maximum Gasteiger partial charge on any atom is 0.321 e. The highest BCUT2D eigenvalue weighted by Crippen LogP contribution is 2.35. The zero-order valence-electron chi connectivity index (χ0n) is 28.0. The predicted octanol–water partition coefficient (Wildman–Crippen LogP) is 3.94. The Morgan fingerprint density at radius 3 is 2.53 bits per heavy atom. The van der Waals surface area contributed by atoms with Crippen molar-refractivity contribution in [1.82, 2.24) is 24.9 Å². The van der Waals surface area contributed by atoms with Crippen LogP contribution >= 0.6 is 0 Å². The number of nitrogens with zero attached hydrogens (tertiary/aromatic N) is 5. The van der Waals surface area contributed by atoms with E-state index in [0.717, 1.165) is 23.5 Å². The monoisotopic (exact) mass is 648 g/mol. The van der Waals surface area contributed by atoms with Gasteiger partial charge in [-0.1, -0.05) is 13.0 Å². The number of nitrogens with two attached hydrogens (primary N) is 1. The normalized spacial score (nSPS) is 19.1. The molecule has 12 nitrogen and oxygen atoms in total. The molecule has 1 aromatic heterocycles. The quantitative estimate of drug-likeness (QED) is 0.320. The van der Waals surface area contributed by atoms with E-state index in [1.807, 2.05) is 42.8 Å². The van der Waals surface area contributed by atoms with Crippen molar-refractivity contribution >= 4 is 29.2 Å². The number of methoxy groups -OCH3 is 1. The maximum absolute atomic E-state index is 15.1. The first-order valence-electron chi connectivity index (χ1n) is 15.9. The first-order valence-corrected chi connectivity index (χ1v) is 15.9. The highest BCUT2D eigenvalue weighted by atomic mass is 19.1. The van der Waals surface area contributed by atoms with Crippen molar-refractivity contribution in [1.29, 1.82) is 0 Å². The first-order chi connectivity index (χ1) is 22.3. The summed E-state index contributed by atoms with van der Waals surface area (Å²) in [6.07, 6.45) is 0.594. The molecule has 4 N–H and O–H groups in total. The molecule has 13 heteroatoms. The second kappa shape index (κ2) is 13.7. The van der Waals surface area contributed by atoms with Crippen LogP contribution in [-0.4, -0.2) is 90.4 Å². The van der Waals surface area contributed by atoms with E-state index in [1.165, 1.54) is 12.1 Å². The average molecular weight is 649 g/mol. The Morgan fingerprint density at radius 2 is 1.89 bits per heavy atom. The van der Waals surface area contributed by atoms with E-state index in [-0.39, 0.29) is 36.0 Å². The number of carbonyl (C=O) groups excluding carboxylic acids is 3. The van der Waals surface area contributed by atoms with E-state index in [9.17, 15) is 14.4 Å². The zero-order valence-corrected chi connectivity index (χ0v) is 28.0. The molecule has 2 aromatic carbocycles. The molecule has 4 amide bonds. The average Bonchev–Trinajstić information content (AvgIpc) is 3.62. The van der Waals surface area contributed by atoms with Crippen LogP contribution in [0.1, 0.15) is 76.8 Å². The van der Waals surface area contributed by atoms with Crippen molar-refractivity contribution in [2.75, 3.05) is 57.7 Å². The molecule has 0 saturated carbocycles. The van der Waals surface area contributed by atoms with Crippen LogP contribution in [0.5, 0.6) is 0 Å². The van der Waals surface area contributed by atoms with Crippen molar-refractivity contribution < 1.29 is 23.5 Å². The summed E-state index contributed by atoms with van der Waals surface area (Å²) >= 11 is 0. The molecule has 0 bridgehead atoms. The van der Waals surface area contributed by atoms with Gasteiger partial charge in [-0.25, -0.2) is 9.18 Å². The van der Waals surface area contributed by atoms with Gasteiger partial charge in [-0.15, -0.1) is 0 Å². The third-order valence-corrected chi connectivity index (χ3v) is 8.78. The van der Waals surface area contributed by atoms with E-state index >= 15 is 4.39 Å². The number of likely N-dealkylation sites (tertiary alicyclic amines) is 1. The van der Waals surface area contributed by atoms with Gasteiger partial charge < -0.3 is 35.8 Å². The molecule has 2 aliphatic heterocycles. The van der Waals surface area contributed by atoms with E-state index < -0.39 is 17.4 Å². The fourth-order valence-electron chi connectivity index (χ4n) is 6.38. The Labute approximate surface area is 275 Å². The number of halogens is 1. The molecule has 47 heavy (non-hydrogen) atoms. The standard InChI is InChI=1S/C34H45FN8O4/c1-21(2)43-30-22(3)17-42(25-10-8-24(9-11-25)32(45)40(4)5)18-26(30)29(39-43)31(44)37-16-23-7-12-28(27(35)15-23)38-33(46)41-14-13-34(36,19-41)20-47-6/h7-12,15,21-22H,13-14,16-20,36H2,1-6H3,(H,37,44)(H,38,46)/t22-,34-/m0/s1. The van der Waals surface area contributed by atoms with Gasteiger partial charge >= 0.3 is 6.03 Å². The lowest BCUT2D eigenvalue weighted by Crippen LogP contribution is -2.48. The summed E-state index contributed by atoms with van der Waals surface area (Å²) in [6, 6.07) is 11.6. The molecule has 5 rings (SSSR count). The molecule has 1 fully saturated rings. The topological polar surface area (TPSA) is 138 Å². The Balaban J connectivity index is 1.27. The Hall–Kier alpha value is -4.49. The maximum atomic E-state index is 15.1. The van der Waals surface area contributed by atoms with Gasteiger partial charge in [0.15, 0.2) is 5.69 Å². The molecule has 252 valence electrons. The Kier molecular flexibility index (Phi) is 9.87. The second-order valence-corrected chi connectivity index (χ2v) is 13.2. The highest BCUT2D eigenvalue weighted by molar-refractivity contribution is 5.95. The molecule has 2 aliphatic rings. The van der Waals surface area contributed by atoms with Crippen LogP contribution < -0.4 is 21.3 Å². The molecular formula is C34H45FN8O4. The van der Waals surface area contributed by atoms with Crippen molar-refractivity contribution in [3.8, 4) is 0 Å². The number of ether oxygens (including phenoxy) is 1. The molecular weight excluding hydrogens is 603 g/mol. The van der Waals surface area contributed by atoms with Crippen LogP contribution in [0.3, 0.4) is 0 Å². The van der Waals surface area contributed by atoms with Gasteiger partial charge in [-0.2, -0.15) is 5.10 Å². The number of carbonyl (C=O) groups is 3. The lowest BCUT2D eigenvalue weighted by Gasteiger charge is -2.34.